The standard InChI is InChI=1S/C24H24N2O8P2S2/c1-3-25-17-7-5-13(35(29,30)31)9-19(17)37-21(25)11-15-23(27)16(24(15)28)12-22-26(4-2)18-8-6-14(36(32,33)34)10-20(18)38-22/h5-12,21,23,27H,3-4H2,1-2H3,(H3-,29,30,31,32,33,34)/p+1. The number of aliphatic hydroxyl groups is 1. The van der Waals surface area contributed by atoms with Crippen molar-refractivity contribution in [3.63, 3.8) is 0 Å². The highest BCUT2D eigenvalue weighted by molar-refractivity contribution is 8.00. The second-order valence-electron chi connectivity index (χ2n) is 8.82. The van der Waals surface area contributed by atoms with E-state index < -0.39 is 21.3 Å². The maximum Gasteiger partial charge on any atom is 0.356 e. The predicted octanol–water partition coefficient (Wildman–Crippen LogP) is 2.03. The molecule has 1 aliphatic carbocycles. The van der Waals surface area contributed by atoms with Crippen molar-refractivity contribution in [1.82, 2.24) is 0 Å². The van der Waals surface area contributed by atoms with Gasteiger partial charge in [-0.25, -0.2) is 0 Å². The molecule has 10 nitrogen and oxygen atoms in total. The van der Waals surface area contributed by atoms with Crippen LogP contribution in [0.15, 0.2) is 58.5 Å². The van der Waals surface area contributed by atoms with Gasteiger partial charge < -0.3 is 29.6 Å². The van der Waals surface area contributed by atoms with E-state index in [0.29, 0.717) is 27.7 Å². The molecule has 1 fully saturated rings. The van der Waals surface area contributed by atoms with Crippen molar-refractivity contribution in [3.8, 4) is 0 Å². The molecule has 38 heavy (non-hydrogen) atoms. The Morgan fingerprint density at radius 1 is 1.00 bits per heavy atom. The van der Waals surface area contributed by atoms with Crippen molar-refractivity contribution in [2.75, 3.05) is 11.4 Å². The molecule has 2 atom stereocenters. The van der Waals surface area contributed by atoms with E-state index in [-0.39, 0.29) is 32.9 Å². The Labute approximate surface area is 226 Å². The molecule has 5 N–H and O–H groups in total. The Bertz CT molecular complexity index is 1640. The van der Waals surface area contributed by atoms with Gasteiger partial charge in [-0.15, -0.1) is 0 Å². The fourth-order valence-electron chi connectivity index (χ4n) is 4.63. The number of hydrogen-bond acceptors (Lipinski definition) is 7. The minimum atomic E-state index is -4.41. The number of benzene rings is 2. The number of hydrogen-bond donors (Lipinski definition) is 5. The van der Waals surface area contributed by atoms with E-state index >= 15 is 0 Å². The van der Waals surface area contributed by atoms with Crippen molar-refractivity contribution >= 4 is 76.7 Å². The van der Waals surface area contributed by atoms with Gasteiger partial charge >= 0.3 is 15.2 Å². The molecule has 5 rings (SSSR count). The van der Waals surface area contributed by atoms with Crippen molar-refractivity contribution in [2.24, 2.45) is 0 Å². The van der Waals surface area contributed by atoms with Crippen molar-refractivity contribution in [2.45, 2.75) is 36.8 Å². The minimum Gasteiger partial charge on any atom is -0.383 e. The summed E-state index contributed by atoms with van der Waals surface area (Å²) >= 11 is 2.63. The highest BCUT2D eigenvalue weighted by Gasteiger charge is 2.41. The summed E-state index contributed by atoms with van der Waals surface area (Å²) in [5.41, 5.74) is 2.06. The topological polar surface area (TPSA) is 159 Å². The Kier molecular flexibility index (Phi) is 7.09. The number of aryl methyl sites for hydroxylation is 1. The average Bonchev–Trinajstić information content (AvgIpc) is 3.40. The van der Waals surface area contributed by atoms with Crippen LogP contribution in [-0.2, 0) is 20.5 Å². The van der Waals surface area contributed by atoms with Crippen LogP contribution in [0.3, 0.4) is 0 Å². The number of thioether (sulfide) groups is 1. The first-order valence-electron chi connectivity index (χ1n) is 11.7. The van der Waals surface area contributed by atoms with Gasteiger partial charge in [-0.05, 0) is 50.3 Å². The van der Waals surface area contributed by atoms with Crippen molar-refractivity contribution in [3.05, 3.63) is 58.6 Å². The molecular weight excluding hydrogens is 570 g/mol. The van der Waals surface area contributed by atoms with Crippen LogP contribution in [-0.4, -0.2) is 48.5 Å². The van der Waals surface area contributed by atoms with Gasteiger partial charge in [0.25, 0.3) is 5.01 Å². The van der Waals surface area contributed by atoms with Crippen LogP contribution >= 0.6 is 38.3 Å². The maximum absolute atomic E-state index is 13.1. The number of ketones is 1. The molecule has 200 valence electrons. The fraction of sp³-hybridized carbons (Fsp3) is 0.250. The second-order valence-corrected chi connectivity index (χ2v) is 14.3. The van der Waals surface area contributed by atoms with Gasteiger partial charge in [-0.2, -0.15) is 4.57 Å². The zero-order valence-corrected chi connectivity index (χ0v) is 23.7. The molecule has 0 radical (unpaired) electrons. The van der Waals surface area contributed by atoms with Crippen LogP contribution < -0.4 is 20.1 Å². The second kappa shape index (κ2) is 9.82. The third-order valence-corrected chi connectivity index (χ3v) is 10.8. The van der Waals surface area contributed by atoms with E-state index in [1.165, 1.54) is 47.4 Å². The zero-order valence-electron chi connectivity index (χ0n) is 20.3. The summed E-state index contributed by atoms with van der Waals surface area (Å²) in [6.45, 7) is 5.00. The molecule has 3 aromatic rings. The van der Waals surface area contributed by atoms with Crippen LogP contribution in [0.2, 0.25) is 0 Å². The van der Waals surface area contributed by atoms with Crippen LogP contribution in [0.4, 0.5) is 5.69 Å². The quantitative estimate of drug-likeness (QED) is 0.162. The van der Waals surface area contributed by atoms with Gasteiger partial charge in [-0.3, -0.25) is 13.9 Å². The zero-order chi connectivity index (χ0) is 27.6. The number of rotatable bonds is 6. The molecular formula is C24H25N2O8P2S2+. The first kappa shape index (κ1) is 27.5. The number of Topliss-reactive ketones (excluding diaryl/α,β-unsaturated/α-hetero) is 1. The normalized spacial score (nSPS) is 22.0. The lowest BCUT2D eigenvalue weighted by molar-refractivity contribution is -0.665. The van der Waals surface area contributed by atoms with Gasteiger partial charge in [-0.1, -0.05) is 23.1 Å². The molecule has 0 bridgehead atoms. The number of anilines is 1. The Morgan fingerprint density at radius 2 is 1.66 bits per heavy atom. The van der Waals surface area contributed by atoms with Crippen LogP contribution in [0.1, 0.15) is 18.9 Å². The number of thiazole rings is 1. The van der Waals surface area contributed by atoms with Crippen LogP contribution in [0.5, 0.6) is 0 Å². The minimum absolute atomic E-state index is 0.0708. The predicted molar refractivity (Wildman–Crippen MR) is 147 cm³/mol. The molecule has 14 heteroatoms. The molecule has 1 aliphatic heterocycles. The lowest BCUT2D eigenvalue weighted by Gasteiger charge is -2.30. The Balaban J connectivity index is 1.44. The third kappa shape index (κ3) is 4.75. The largest absolute Gasteiger partial charge is 0.383 e. The number of aliphatic hydroxyl groups excluding tert-OH is 1. The van der Waals surface area contributed by atoms with Gasteiger partial charge in [0.1, 0.15) is 17.3 Å². The molecule has 2 unspecified atom stereocenters. The fourth-order valence-corrected chi connectivity index (χ4v) is 8.52. The molecule has 0 saturated heterocycles. The summed E-state index contributed by atoms with van der Waals surface area (Å²) < 4.78 is 25.9. The van der Waals surface area contributed by atoms with Crippen molar-refractivity contribution < 1.29 is 43.2 Å². The van der Waals surface area contributed by atoms with Gasteiger partial charge in [0, 0.05) is 34.7 Å². The average molecular weight is 596 g/mol. The summed E-state index contributed by atoms with van der Waals surface area (Å²) in [4.78, 5) is 53.8. The first-order valence-corrected chi connectivity index (χ1v) is 16.6. The number of carbonyl (C=O) groups is 1. The number of nitrogens with zero attached hydrogens (tertiary/aromatic N) is 2. The summed E-state index contributed by atoms with van der Waals surface area (Å²) in [6.07, 6.45) is 2.22. The highest BCUT2D eigenvalue weighted by atomic mass is 32.2. The number of fused-ring (bicyclic) bond motifs is 2. The summed E-state index contributed by atoms with van der Waals surface area (Å²) in [6, 6.07) is 9.01. The van der Waals surface area contributed by atoms with E-state index in [1.807, 2.05) is 23.3 Å². The smallest absolute Gasteiger partial charge is 0.356 e. The maximum atomic E-state index is 13.1. The Hall–Kier alpha value is -2.11. The molecule has 1 aromatic heterocycles. The summed E-state index contributed by atoms with van der Waals surface area (Å²) in [5, 5.41) is 11.1. The van der Waals surface area contributed by atoms with Crippen molar-refractivity contribution in [1.29, 1.82) is 0 Å². The number of carbonyl (C=O) groups excluding carboxylic acids is 1. The lowest BCUT2D eigenvalue weighted by Crippen LogP contribution is -2.40. The van der Waals surface area contributed by atoms with Gasteiger partial charge in [0.05, 0.1) is 21.7 Å². The third-order valence-electron chi connectivity index (χ3n) is 6.57. The van der Waals surface area contributed by atoms with Gasteiger partial charge in [0.2, 0.25) is 5.52 Å². The van der Waals surface area contributed by atoms with Crippen LogP contribution in [0, 0.1) is 0 Å². The number of likely N-dealkylation sites (N-methyl/N-ethyl adjacent to an activating group) is 1. The molecule has 2 aromatic carbocycles. The van der Waals surface area contributed by atoms with E-state index in [1.54, 1.807) is 24.3 Å². The Morgan fingerprint density at radius 3 is 2.26 bits per heavy atom. The summed E-state index contributed by atoms with van der Waals surface area (Å²) in [5.74, 6) is -0.294. The monoisotopic (exact) mass is 595 g/mol. The molecule has 2 aliphatic rings. The first-order chi connectivity index (χ1) is 17.8. The molecule has 2 heterocycles. The van der Waals surface area contributed by atoms with Gasteiger partial charge in [0.15, 0.2) is 5.78 Å². The molecule has 1 saturated carbocycles. The lowest BCUT2D eigenvalue weighted by atomic mass is 9.80. The van der Waals surface area contributed by atoms with E-state index in [0.717, 1.165) is 11.2 Å². The summed E-state index contributed by atoms with van der Waals surface area (Å²) in [7, 11) is -8.81. The van der Waals surface area contributed by atoms with Crippen LogP contribution in [0.25, 0.3) is 16.3 Å². The number of aromatic nitrogens is 1. The van der Waals surface area contributed by atoms with E-state index in [2.05, 4.69) is 0 Å². The highest BCUT2D eigenvalue weighted by Crippen LogP contribution is 2.47. The SMILES string of the molecule is CCN1c2ccc(P(=O)(O)O)cc2SC1C=C1C(=O)C(=Cc2sc3cc(P(=O)(O)O)ccc3[n+]2CC)C1O. The van der Waals surface area contributed by atoms with E-state index in [4.69, 9.17) is 0 Å². The molecule has 0 amide bonds. The molecule has 0 spiro atoms. The van der Waals surface area contributed by atoms with E-state index in [9.17, 15) is 38.6 Å².